The van der Waals surface area contributed by atoms with Crippen molar-refractivity contribution in [3.05, 3.63) is 82.1 Å². The van der Waals surface area contributed by atoms with Crippen molar-refractivity contribution >= 4 is 51.1 Å². The molecule has 1 N–H and O–H groups in total. The van der Waals surface area contributed by atoms with Crippen LogP contribution in [0.1, 0.15) is 38.1 Å². The lowest BCUT2D eigenvalue weighted by atomic mass is 10.0. The largest absolute Gasteiger partial charge is 0.468 e. The maximum absolute atomic E-state index is 12.7. The van der Waals surface area contributed by atoms with Gasteiger partial charge in [-0.3, -0.25) is 19.7 Å². The average molecular weight is 501 g/mol. The summed E-state index contributed by atoms with van der Waals surface area (Å²) in [5.74, 6) is -1.05. The molecule has 5 rings (SSSR count). The van der Waals surface area contributed by atoms with E-state index in [0.29, 0.717) is 28.5 Å². The molecule has 0 aliphatic rings. The van der Waals surface area contributed by atoms with Crippen LogP contribution in [0.2, 0.25) is 0 Å². The highest BCUT2D eigenvalue weighted by Crippen LogP contribution is 2.36. The fraction of sp³-hybridized carbons (Fsp3) is 0.192. The molecule has 10 heteroatoms. The van der Waals surface area contributed by atoms with E-state index in [4.69, 9.17) is 9.72 Å². The number of aromatic amines is 1. The van der Waals surface area contributed by atoms with E-state index in [1.165, 1.54) is 18.4 Å². The summed E-state index contributed by atoms with van der Waals surface area (Å²) in [5, 5.41) is 15.1. The van der Waals surface area contributed by atoms with Crippen LogP contribution in [0, 0.1) is 0 Å². The van der Waals surface area contributed by atoms with Crippen molar-refractivity contribution in [2.24, 2.45) is 12.1 Å². The molecule has 3 aromatic heterocycles. The van der Waals surface area contributed by atoms with Gasteiger partial charge in [0, 0.05) is 25.0 Å². The van der Waals surface area contributed by atoms with Gasteiger partial charge in [0.15, 0.2) is 11.9 Å². The molecule has 0 amide bonds. The average Bonchev–Trinajstić information content (AvgIpc) is 3.60. The Balaban J connectivity index is 1.51. The number of hydrogen-bond acceptors (Lipinski definition) is 8. The van der Waals surface area contributed by atoms with Crippen LogP contribution in [-0.2, 0) is 23.1 Å². The fourth-order valence-corrected chi connectivity index (χ4v) is 5.52. The second-order valence-electron chi connectivity index (χ2n) is 8.36. The van der Waals surface area contributed by atoms with Gasteiger partial charge in [0.1, 0.15) is 10.9 Å². The van der Waals surface area contributed by atoms with E-state index in [0.717, 1.165) is 33.0 Å². The van der Waals surface area contributed by atoms with E-state index in [1.54, 1.807) is 29.0 Å². The first-order valence-corrected chi connectivity index (χ1v) is 12.1. The van der Waals surface area contributed by atoms with Gasteiger partial charge >= 0.3 is 5.97 Å². The summed E-state index contributed by atoms with van der Waals surface area (Å²) in [5.41, 5.74) is 4.60. The molecule has 182 valence electrons. The number of ether oxygens (including phenoxy) is 1. The standard InChI is InChI=1S/C26H24N6O3S/c1-31(14-17-10-7-11-20-18(17)12-27-30-20)28-13-19-21(15-33)32(2)24-23(19)36-25(29-24)22(26(34)35-3)16-8-5-4-6-9-16/h4-13,15,22H,14H2,1-3H3,(H,27,30)/b28-13-. The minimum absolute atomic E-state index is 0.390. The van der Waals surface area contributed by atoms with E-state index >= 15 is 0 Å². The predicted molar refractivity (Wildman–Crippen MR) is 139 cm³/mol. The van der Waals surface area contributed by atoms with Crippen LogP contribution in [0.15, 0.2) is 59.8 Å². The third-order valence-electron chi connectivity index (χ3n) is 6.11. The fourth-order valence-electron chi connectivity index (χ4n) is 4.29. The molecule has 1 unspecified atom stereocenters. The summed E-state index contributed by atoms with van der Waals surface area (Å²) in [7, 11) is 5.02. The Labute approximate surface area is 211 Å². The first-order chi connectivity index (χ1) is 17.5. The first kappa shape index (κ1) is 23.4. The number of hydrogen-bond donors (Lipinski definition) is 1. The number of nitrogens with one attached hydrogen (secondary N) is 1. The van der Waals surface area contributed by atoms with Gasteiger partial charge in [0.2, 0.25) is 0 Å². The van der Waals surface area contributed by atoms with Crippen molar-refractivity contribution in [3.63, 3.8) is 0 Å². The van der Waals surface area contributed by atoms with Gasteiger partial charge in [-0.25, -0.2) is 4.98 Å². The Morgan fingerprint density at radius 1 is 1.25 bits per heavy atom. The lowest BCUT2D eigenvalue weighted by Gasteiger charge is -2.13. The SMILES string of the molecule is COC(=O)C(c1ccccc1)c1nc2c(s1)c(/C=N\N(C)Cc1cccc3[nH]ncc13)c(C=O)n2C. The molecule has 0 aliphatic heterocycles. The molecule has 0 saturated heterocycles. The maximum Gasteiger partial charge on any atom is 0.320 e. The molecule has 36 heavy (non-hydrogen) atoms. The molecule has 0 saturated carbocycles. The summed E-state index contributed by atoms with van der Waals surface area (Å²) in [4.78, 5) is 29.4. The van der Waals surface area contributed by atoms with Crippen molar-refractivity contribution in [2.75, 3.05) is 14.2 Å². The topological polar surface area (TPSA) is 105 Å². The van der Waals surface area contributed by atoms with Gasteiger partial charge in [0.25, 0.3) is 0 Å². The van der Waals surface area contributed by atoms with Crippen molar-refractivity contribution in [3.8, 4) is 0 Å². The molecule has 9 nitrogen and oxygen atoms in total. The molecule has 0 fully saturated rings. The quantitative estimate of drug-likeness (QED) is 0.149. The highest BCUT2D eigenvalue weighted by atomic mass is 32.1. The molecule has 1 atom stereocenters. The lowest BCUT2D eigenvalue weighted by Crippen LogP contribution is -2.15. The molecule has 3 heterocycles. The van der Waals surface area contributed by atoms with Gasteiger partial charge in [-0.1, -0.05) is 42.5 Å². The van der Waals surface area contributed by atoms with Crippen LogP contribution in [0.5, 0.6) is 0 Å². The molecular formula is C26H24N6O3S. The maximum atomic E-state index is 12.7. The van der Waals surface area contributed by atoms with Crippen LogP contribution >= 0.6 is 11.3 Å². The third kappa shape index (κ3) is 4.16. The van der Waals surface area contributed by atoms with Crippen LogP contribution in [0.4, 0.5) is 0 Å². The van der Waals surface area contributed by atoms with Crippen LogP contribution in [0.3, 0.4) is 0 Å². The number of carbonyl (C=O) groups excluding carboxylic acids is 2. The number of nitrogens with zero attached hydrogens (tertiary/aromatic N) is 5. The number of hydrazone groups is 1. The summed E-state index contributed by atoms with van der Waals surface area (Å²) in [6, 6.07) is 15.4. The summed E-state index contributed by atoms with van der Waals surface area (Å²) < 4.78 is 7.60. The van der Waals surface area contributed by atoms with Gasteiger partial charge < -0.3 is 9.30 Å². The van der Waals surface area contributed by atoms with Gasteiger partial charge in [-0.2, -0.15) is 10.2 Å². The van der Waals surface area contributed by atoms with Gasteiger partial charge in [-0.05, 0) is 17.2 Å². The highest BCUT2D eigenvalue weighted by Gasteiger charge is 2.29. The van der Waals surface area contributed by atoms with Crippen molar-refractivity contribution in [2.45, 2.75) is 12.5 Å². The van der Waals surface area contributed by atoms with Crippen LogP contribution < -0.4 is 0 Å². The summed E-state index contributed by atoms with van der Waals surface area (Å²) >= 11 is 1.37. The van der Waals surface area contributed by atoms with Crippen molar-refractivity contribution in [1.29, 1.82) is 0 Å². The lowest BCUT2D eigenvalue weighted by molar-refractivity contribution is -0.141. The highest BCUT2D eigenvalue weighted by molar-refractivity contribution is 7.19. The number of aldehydes is 1. The number of esters is 1. The Morgan fingerprint density at radius 3 is 2.81 bits per heavy atom. The number of benzene rings is 2. The summed E-state index contributed by atoms with van der Waals surface area (Å²) in [6.07, 6.45) is 4.28. The molecule has 0 bridgehead atoms. The number of fused-ring (bicyclic) bond motifs is 2. The van der Waals surface area contributed by atoms with E-state index < -0.39 is 5.92 Å². The first-order valence-electron chi connectivity index (χ1n) is 11.2. The molecular weight excluding hydrogens is 476 g/mol. The number of methoxy groups -OCH3 is 1. The van der Waals surface area contributed by atoms with Gasteiger partial charge in [0.05, 0.1) is 42.0 Å². The minimum Gasteiger partial charge on any atom is -0.468 e. The number of rotatable bonds is 8. The summed E-state index contributed by atoms with van der Waals surface area (Å²) in [6.45, 7) is 0.562. The molecule has 2 aromatic carbocycles. The van der Waals surface area contributed by atoms with Crippen molar-refractivity contribution in [1.82, 2.24) is 24.8 Å². The van der Waals surface area contributed by atoms with Gasteiger partial charge in [-0.15, -0.1) is 11.3 Å². The second-order valence-corrected chi connectivity index (χ2v) is 9.39. The van der Waals surface area contributed by atoms with E-state index in [9.17, 15) is 9.59 Å². The second kappa shape index (κ2) is 9.74. The Morgan fingerprint density at radius 2 is 2.06 bits per heavy atom. The Kier molecular flexibility index (Phi) is 6.34. The molecule has 0 spiro atoms. The number of thiazole rings is 1. The minimum atomic E-state index is -0.656. The zero-order chi connectivity index (χ0) is 25.2. The van der Waals surface area contributed by atoms with Crippen molar-refractivity contribution < 1.29 is 14.3 Å². The monoisotopic (exact) mass is 500 g/mol. The smallest absolute Gasteiger partial charge is 0.320 e. The predicted octanol–water partition coefficient (Wildman–Crippen LogP) is 4.09. The zero-order valence-corrected chi connectivity index (χ0v) is 20.8. The van der Waals surface area contributed by atoms with Crippen LogP contribution in [0.25, 0.3) is 21.3 Å². The number of H-pyrrole nitrogens is 1. The number of aryl methyl sites for hydroxylation is 1. The Hall–Kier alpha value is -4.31. The molecule has 0 radical (unpaired) electrons. The van der Waals surface area contributed by atoms with E-state index in [-0.39, 0.29) is 5.97 Å². The number of carbonyl (C=O) groups is 2. The molecule has 0 aliphatic carbocycles. The van der Waals surface area contributed by atoms with E-state index in [2.05, 4.69) is 15.3 Å². The zero-order valence-electron chi connectivity index (χ0n) is 20.0. The van der Waals surface area contributed by atoms with E-state index in [1.807, 2.05) is 55.6 Å². The number of aromatic nitrogens is 4. The third-order valence-corrected chi connectivity index (χ3v) is 7.25. The normalized spacial score (nSPS) is 12.4. The molecule has 5 aromatic rings. The van der Waals surface area contributed by atoms with Crippen LogP contribution in [-0.4, -0.2) is 57.4 Å². The Bertz CT molecular complexity index is 1580.